The van der Waals surface area contributed by atoms with Crippen LogP contribution in [-0.4, -0.2) is 22.3 Å². The Labute approximate surface area is 179 Å². The fraction of sp³-hybridized carbons (Fsp3) is 0.556. The summed E-state index contributed by atoms with van der Waals surface area (Å²) in [6.45, 7) is 5.84. The van der Waals surface area contributed by atoms with Gasteiger partial charge in [0.05, 0.1) is 5.60 Å². The molecule has 7 atom stereocenters. The third-order valence-corrected chi connectivity index (χ3v) is 9.08. The summed E-state index contributed by atoms with van der Waals surface area (Å²) in [6.07, 6.45) is 10.9. The smallest absolute Gasteiger partial charge is 0.159 e. The van der Waals surface area contributed by atoms with Gasteiger partial charge in [-0.05, 0) is 80.8 Å². The van der Waals surface area contributed by atoms with Gasteiger partial charge in [0.1, 0.15) is 0 Å². The normalized spacial score (nSPS) is 42.2. The Morgan fingerprint density at radius 3 is 2.50 bits per heavy atom. The number of rotatable bonds is 2. The fourth-order valence-corrected chi connectivity index (χ4v) is 7.28. The van der Waals surface area contributed by atoms with Gasteiger partial charge in [0.25, 0.3) is 0 Å². The molecule has 3 nitrogen and oxygen atoms in total. The number of carbonyl (C=O) groups is 2. The lowest BCUT2D eigenvalue weighted by Crippen LogP contribution is -2.54. The number of aliphatic hydroxyl groups is 1. The van der Waals surface area contributed by atoms with Gasteiger partial charge >= 0.3 is 0 Å². The summed E-state index contributed by atoms with van der Waals surface area (Å²) < 4.78 is 0. The minimum absolute atomic E-state index is 0.0895. The van der Waals surface area contributed by atoms with E-state index >= 15 is 0 Å². The van der Waals surface area contributed by atoms with Crippen molar-refractivity contribution in [3.05, 3.63) is 59.2 Å². The number of carbonyl (C=O) groups excluding carboxylic acids is 2. The zero-order valence-corrected chi connectivity index (χ0v) is 18.2. The van der Waals surface area contributed by atoms with Crippen molar-refractivity contribution in [1.82, 2.24) is 0 Å². The van der Waals surface area contributed by atoms with Gasteiger partial charge in [0.2, 0.25) is 0 Å². The molecule has 1 N–H and O–H groups in total. The highest BCUT2D eigenvalue weighted by molar-refractivity contribution is 5.94. The number of fused-ring (bicyclic) bond motifs is 5. The van der Waals surface area contributed by atoms with Gasteiger partial charge in [0, 0.05) is 17.4 Å². The Morgan fingerprint density at radius 1 is 1.07 bits per heavy atom. The average Bonchev–Trinajstić information content (AvgIpc) is 2.96. The van der Waals surface area contributed by atoms with Gasteiger partial charge in [-0.2, -0.15) is 0 Å². The Bertz CT molecular complexity index is 951. The summed E-state index contributed by atoms with van der Waals surface area (Å²) in [5.74, 6) is 2.54. The van der Waals surface area contributed by atoms with Crippen molar-refractivity contribution in [1.29, 1.82) is 0 Å². The monoisotopic (exact) mass is 404 g/mol. The third-order valence-electron chi connectivity index (χ3n) is 9.08. The number of hydrogen-bond acceptors (Lipinski definition) is 3. The molecule has 0 aromatic heterocycles. The van der Waals surface area contributed by atoms with E-state index in [4.69, 9.17) is 0 Å². The first-order chi connectivity index (χ1) is 14.2. The molecule has 30 heavy (non-hydrogen) atoms. The summed E-state index contributed by atoms with van der Waals surface area (Å²) in [5, 5.41) is 11.3. The lowest BCUT2D eigenvalue weighted by molar-refractivity contribution is -0.117. The van der Waals surface area contributed by atoms with E-state index in [1.54, 1.807) is 6.92 Å². The molecule has 0 spiro atoms. The predicted octanol–water partition coefficient (Wildman–Crippen LogP) is 5.25. The Morgan fingerprint density at radius 2 is 1.80 bits per heavy atom. The van der Waals surface area contributed by atoms with Crippen LogP contribution >= 0.6 is 0 Å². The quantitative estimate of drug-likeness (QED) is 0.541. The highest BCUT2D eigenvalue weighted by atomic mass is 16.3. The van der Waals surface area contributed by atoms with Crippen molar-refractivity contribution in [2.24, 2.45) is 29.1 Å². The van der Waals surface area contributed by atoms with Crippen LogP contribution in [0.1, 0.15) is 74.7 Å². The van der Waals surface area contributed by atoms with Gasteiger partial charge in [-0.3, -0.25) is 9.59 Å². The molecule has 2 fully saturated rings. The summed E-state index contributed by atoms with van der Waals surface area (Å²) in [7, 11) is 0. The molecular weight excluding hydrogens is 372 g/mol. The highest BCUT2D eigenvalue weighted by Gasteiger charge is 2.61. The first-order valence-corrected chi connectivity index (χ1v) is 11.5. The molecule has 0 amide bonds. The Kier molecular flexibility index (Phi) is 4.49. The number of ketones is 2. The van der Waals surface area contributed by atoms with E-state index in [9.17, 15) is 14.7 Å². The second kappa shape index (κ2) is 6.75. The Balaban J connectivity index is 1.60. The lowest BCUT2D eigenvalue weighted by atomic mass is 9.46. The molecule has 1 aromatic carbocycles. The minimum atomic E-state index is -0.807. The van der Waals surface area contributed by atoms with Gasteiger partial charge in [-0.15, -0.1) is 0 Å². The molecule has 4 aliphatic carbocycles. The largest absolute Gasteiger partial charge is 0.385 e. The fourth-order valence-electron chi connectivity index (χ4n) is 7.28. The van der Waals surface area contributed by atoms with Crippen LogP contribution in [-0.2, 0) is 4.79 Å². The molecule has 0 bridgehead atoms. The van der Waals surface area contributed by atoms with E-state index in [0.717, 1.165) is 31.2 Å². The van der Waals surface area contributed by atoms with E-state index in [1.165, 1.54) is 11.1 Å². The second-order valence-corrected chi connectivity index (χ2v) is 10.5. The topological polar surface area (TPSA) is 54.4 Å². The first kappa shape index (κ1) is 19.9. The number of hydrogen-bond donors (Lipinski definition) is 1. The van der Waals surface area contributed by atoms with Crippen molar-refractivity contribution < 1.29 is 14.7 Å². The van der Waals surface area contributed by atoms with Crippen LogP contribution in [0.3, 0.4) is 0 Å². The van der Waals surface area contributed by atoms with Crippen LogP contribution in [0, 0.1) is 29.1 Å². The number of allylic oxidation sites excluding steroid dienone is 3. The lowest BCUT2D eigenvalue weighted by Gasteiger charge is -2.58. The molecule has 158 valence electrons. The van der Waals surface area contributed by atoms with Crippen molar-refractivity contribution in [3.63, 3.8) is 0 Å². The molecule has 1 aromatic rings. The average molecular weight is 405 g/mol. The van der Waals surface area contributed by atoms with Crippen molar-refractivity contribution in [2.75, 3.05) is 0 Å². The Hall–Kier alpha value is -2.00. The minimum Gasteiger partial charge on any atom is -0.385 e. The first-order valence-electron chi connectivity index (χ1n) is 11.5. The SMILES string of the molecule is CC(=O)c1ccc([C@H]2C[C@@]3(C)[C@@H](C=C[C@]3(C)O)[C@@H]3CCC4=CC(=O)CC[C@@H]4[C@H]32)cc1. The molecule has 0 unspecified atom stereocenters. The van der Waals surface area contributed by atoms with Gasteiger partial charge in [-0.25, -0.2) is 0 Å². The van der Waals surface area contributed by atoms with Crippen LogP contribution in [0.25, 0.3) is 0 Å². The van der Waals surface area contributed by atoms with E-state index in [2.05, 4.69) is 25.1 Å². The van der Waals surface area contributed by atoms with Crippen LogP contribution in [0.4, 0.5) is 0 Å². The molecule has 0 radical (unpaired) electrons. The zero-order chi connectivity index (χ0) is 21.3. The van der Waals surface area contributed by atoms with Gasteiger partial charge < -0.3 is 5.11 Å². The zero-order valence-electron chi connectivity index (χ0n) is 18.2. The van der Waals surface area contributed by atoms with E-state index < -0.39 is 5.60 Å². The maximum atomic E-state index is 12.1. The maximum Gasteiger partial charge on any atom is 0.159 e. The predicted molar refractivity (Wildman–Crippen MR) is 117 cm³/mol. The molecule has 3 heteroatoms. The van der Waals surface area contributed by atoms with Crippen LogP contribution < -0.4 is 0 Å². The molecular formula is C27H32O3. The highest BCUT2D eigenvalue weighted by Crippen LogP contribution is 2.66. The summed E-state index contributed by atoms with van der Waals surface area (Å²) in [5.41, 5.74) is 2.38. The second-order valence-electron chi connectivity index (χ2n) is 10.5. The molecule has 0 heterocycles. The van der Waals surface area contributed by atoms with Crippen LogP contribution in [0.2, 0.25) is 0 Å². The van der Waals surface area contributed by atoms with Crippen molar-refractivity contribution in [2.45, 2.75) is 64.4 Å². The van der Waals surface area contributed by atoms with Gasteiger partial charge in [0.15, 0.2) is 11.6 Å². The van der Waals surface area contributed by atoms with E-state index in [1.807, 2.05) is 31.2 Å². The van der Waals surface area contributed by atoms with Crippen LogP contribution in [0.15, 0.2) is 48.1 Å². The standard InChI is InChI=1S/C27H32O3/c1-16(28)17-4-6-18(7-5-17)23-15-26(2)24(12-13-27(26,3)30)22-10-8-19-14-20(29)9-11-21(19)25(22)23/h4-7,12-14,21-25,30H,8-11,15H2,1-3H3/t21-,22-,23+,24-,25+,26-,27-/m0/s1. The van der Waals surface area contributed by atoms with Gasteiger partial charge in [-0.1, -0.05) is 48.9 Å². The van der Waals surface area contributed by atoms with Crippen molar-refractivity contribution in [3.8, 4) is 0 Å². The summed E-state index contributed by atoms with van der Waals surface area (Å²) in [6, 6.07) is 8.17. The maximum absolute atomic E-state index is 12.1. The molecule has 0 saturated heterocycles. The molecule has 0 aliphatic heterocycles. The van der Waals surface area contributed by atoms with Crippen molar-refractivity contribution >= 4 is 11.6 Å². The molecule has 5 rings (SSSR count). The summed E-state index contributed by atoms with van der Waals surface area (Å²) >= 11 is 0. The molecule has 4 aliphatic rings. The number of Topliss-reactive ketones (excluding diaryl/α,β-unsaturated/α-hetero) is 1. The van der Waals surface area contributed by atoms with E-state index in [-0.39, 0.29) is 17.0 Å². The molecule has 2 saturated carbocycles. The van der Waals surface area contributed by atoms with Crippen LogP contribution in [0.5, 0.6) is 0 Å². The number of benzene rings is 1. The van der Waals surface area contributed by atoms with E-state index in [0.29, 0.717) is 36.0 Å². The summed E-state index contributed by atoms with van der Waals surface area (Å²) in [4.78, 5) is 23.9. The third kappa shape index (κ3) is 2.81.